The van der Waals surface area contributed by atoms with Gasteiger partial charge in [-0.15, -0.1) is 0 Å². The van der Waals surface area contributed by atoms with Crippen LogP contribution < -0.4 is 5.32 Å². The summed E-state index contributed by atoms with van der Waals surface area (Å²) in [7, 11) is 2.11. The van der Waals surface area contributed by atoms with Crippen LogP contribution in [0.25, 0.3) is 0 Å². The van der Waals surface area contributed by atoms with Gasteiger partial charge in [0, 0.05) is 38.1 Å². The Bertz CT molecular complexity index is 454. The average Bonchev–Trinajstić information content (AvgIpc) is 3.26. The van der Waals surface area contributed by atoms with Crippen molar-refractivity contribution in [2.24, 2.45) is 0 Å². The summed E-state index contributed by atoms with van der Waals surface area (Å²) in [6, 6.07) is 11.0. The molecule has 20 heavy (non-hydrogen) atoms. The molecule has 0 aromatic heterocycles. The summed E-state index contributed by atoms with van der Waals surface area (Å²) < 4.78 is 0. The molecule has 2 fully saturated rings. The number of hydrogen-bond donors (Lipinski definition) is 1. The van der Waals surface area contributed by atoms with Crippen LogP contribution in [-0.2, 0) is 4.79 Å². The van der Waals surface area contributed by atoms with Crippen molar-refractivity contribution in [3.05, 3.63) is 35.9 Å². The van der Waals surface area contributed by atoms with E-state index in [0.29, 0.717) is 18.5 Å². The van der Waals surface area contributed by atoms with E-state index >= 15 is 0 Å². The third kappa shape index (κ3) is 3.19. The molecule has 2 aliphatic rings. The van der Waals surface area contributed by atoms with Gasteiger partial charge in [-0.2, -0.15) is 0 Å². The first-order valence-electron chi connectivity index (χ1n) is 7.48. The maximum Gasteiger partial charge on any atom is 0.236 e. The molecule has 108 valence electrons. The lowest BCUT2D eigenvalue weighted by Gasteiger charge is -2.32. The number of carbonyl (C=O) groups excluding carboxylic acids is 1. The number of amides is 1. The lowest BCUT2D eigenvalue weighted by molar-refractivity contribution is -0.131. The van der Waals surface area contributed by atoms with Crippen molar-refractivity contribution in [2.75, 3.05) is 39.8 Å². The minimum absolute atomic E-state index is 0.247. The second-order valence-electron chi connectivity index (χ2n) is 5.92. The Morgan fingerprint density at radius 3 is 2.60 bits per heavy atom. The normalized spacial score (nSPS) is 26.6. The van der Waals surface area contributed by atoms with Crippen LogP contribution in [0.2, 0.25) is 0 Å². The van der Waals surface area contributed by atoms with Crippen molar-refractivity contribution in [2.45, 2.75) is 18.4 Å². The summed E-state index contributed by atoms with van der Waals surface area (Å²) in [5, 5.41) is 3.41. The molecule has 0 bridgehead atoms. The molecule has 3 rings (SSSR count). The van der Waals surface area contributed by atoms with E-state index < -0.39 is 0 Å². The lowest BCUT2D eigenvalue weighted by atomic mass is 10.1. The largest absolute Gasteiger partial charge is 0.339 e. The molecule has 1 amide bonds. The van der Waals surface area contributed by atoms with Crippen molar-refractivity contribution in [1.82, 2.24) is 15.1 Å². The Labute approximate surface area is 120 Å². The molecular formula is C16H23N3O. The first-order chi connectivity index (χ1) is 9.74. The highest BCUT2D eigenvalue weighted by Gasteiger charge is 2.38. The Kier molecular flexibility index (Phi) is 4.03. The summed E-state index contributed by atoms with van der Waals surface area (Å²) in [6.07, 6.45) is 1.15. The van der Waals surface area contributed by atoms with Crippen LogP contribution in [0.15, 0.2) is 30.3 Å². The molecule has 0 spiro atoms. The summed E-state index contributed by atoms with van der Waals surface area (Å²) in [6.45, 7) is 4.19. The number of nitrogens with one attached hydrogen (secondary N) is 1. The van der Waals surface area contributed by atoms with Crippen molar-refractivity contribution in [3.63, 3.8) is 0 Å². The maximum atomic E-state index is 12.1. The second kappa shape index (κ2) is 5.94. The van der Waals surface area contributed by atoms with E-state index in [4.69, 9.17) is 0 Å². The molecule has 1 saturated carbocycles. The summed E-state index contributed by atoms with van der Waals surface area (Å²) in [5.74, 6) is 0.841. The molecule has 0 radical (unpaired) electrons. The average molecular weight is 273 g/mol. The van der Waals surface area contributed by atoms with Crippen molar-refractivity contribution >= 4 is 5.91 Å². The summed E-state index contributed by atoms with van der Waals surface area (Å²) >= 11 is 0. The van der Waals surface area contributed by atoms with Crippen LogP contribution in [0.1, 0.15) is 17.9 Å². The molecule has 1 heterocycles. The summed E-state index contributed by atoms with van der Waals surface area (Å²) in [4.78, 5) is 16.4. The third-order valence-electron chi connectivity index (χ3n) is 4.39. The number of nitrogens with zero attached hydrogens (tertiary/aromatic N) is 2. The van der Waals surface area contributed by atoms with Gasteiger partial charge < -0.3 is 15.1 Å². The third-order valence-corrected chi connectivity index (χ3v) is 4.39. The molecule has 2 atom stereocenters. The highest BCUT2D eigenvalue weighted by molar-refractivity contribution is 5.78. The van der Waals surface area contributed by atoms with Gasteiger partial charge in [-0.25, -0.2) is 0 Å². The zero-order valence-electron chi connectivity index (χ0n) is 12.1. The first kappa shape index (κ1) is 13.6. The van der Waals surface area contributed by atoms with Gasteiger partial charge in [0.15, 0.2) is 0 Å². The van der Waals surface area contributed by atoms with Crippen molar-refractivity contribution in [1.29, 1.82) is 0 Å². The zero-order chi connectivity index (χ0) is 13.9. The molecule has 4 nitrogen and oxygen atoms in total. The van der Waals surface area contributed by atoms with Gasteiger partial charge in [0.25, 0.3) is 0 Å². The topological polar surface area (TPSA) is 35.6 Å². The van der Waals surface area contributed by atoms with E-state index in [1.807, 2.05) is 11.0 Å². The molecule has 1 aromatic rings. The Morgan fingerprint density at radius 1 is 1.20 bits per heavy atom. The van der Waals surface area contributed by atoms with Crippen molar-refractivity contribution < 1.29 is 4.79 Å². The van der Waals surface area contributed by atoms with E-state index in [2.05, 4.69) is 41.5 Å². The Balaban J connectivity index is 1.41. The molecular weight excluding hydrogens is 250 g/mol. The number of benzene rings is 1. The van der Waals surface area contributed by atoms with E-state index in [9.17, 15) is 4.79 Å². The van der Waals surface area contributed by atoms with Crippen molar-refractivity contribution in [3.8, 4) is 0 Å². The maximum absolute atomic E-state index is 12.1. The quantitative estimate of drug-likeness (QED) is 0.885. The molecule has 1 aliphatic carbocycles. The predicted octanol–water partition coefficient (Wildman–Crippen LogP) is 0.906. The monoisotopic (exact) mass is 273 g/mol. The number of likely N-dealkylation sites (N-methyl/N-ethyl adjacent to an activating group) is 1. The lowest BCUT2D eigenvalue weighted by Crippen LogP contribution is -2.49. The standard InChI is InChI=1S/C16H23N3O/c1-18-7-9-19(10-8-18)16(20)12-17-15-11-14(15)13-5-3-2-4-6-13/h2-6,14-15,17H,7-12H2,1H3/t14?,15-/m0/s1. The smallest absolute Gasteiger partial charge is 0.236 e. The van der Waals surface area contributed by atoms with Crippen LogP contribution in [-0.4, -0.2) is 61.5 Å². The van der Waals surface area contributed by atoms with E-state index in [1.165, 1.54) is 5.56 Å². The molecule has 4 heteroatoms. The van der Waals surface area contributed by atoms with Crippen LogP contribution in [0.5, 0.6) is 0 Å². The van der Waals surface area contributed by atoms with E-state index in [0.717, 1.165) is 32.6 Å². The highest BCUT2D eigenvalue weighted by atomic mass is 16.2. The van der Waals surface area contributed by atoms with Gasteiger partial charge in [-0.05, 0) is 19.0 Å². The minimum Gasteiger partial charge on any atom is -0.339 e. The number of hydrogen-bond acceptors (Lipinski definition) is 3. The molecule has 1 unspecified atom stereocenters. The van der Waals surface area contributed by atoms with Gasteiger partial charge >= 0.3 is 0 Å². The fourth-order valence-corrected chi connectivity index (χ4v) is 2.88. The first-order valence-corrected chi connectivity index (χ1v) is 7.48. The van der Waals surface area contributed by atoms with Gasteiger partial charge in [-0.3, -0.25) is 4.79 Å². The predicted molar refractivity (Wildman–Crippen MR) is 79.7 cm³/mol. The molecule has 1 saturated heterocycles. The zero-order valence-corrected chi connectivity index (χ0v) is 12.1. The molecule has 1 N–H and O–H groups in total. The fourth-order valence-electron chi connectivity index (χ4n) is 2.88. The number of rotatable bonds is 4. The Morgan fingerprint density at radius 2 is 1.90 bits per heavy atom. The number of piperazine rings is 1. The Hall–Kier alpha value is -1.39. The van der Waals surface area contributed by atoms with Gasteiger partial charge in [0.2, 0.25) is 5.91 Å². The van der Waals surface area contributed by atoms with E-state index in [1.54, 1.807) is 0 Å². The van der Waals surface area contributed by atoms with Gasteiger partial charge in [0.1, 0.15) is 0 Å². The minimum atomic E-state index is 0.247. The summed E-state index contributed by atoms with van der Waals surface area (Å²) in [5.41, 5.74) is 1.39. The second-order valence-corrected chi connectivity index (χ2v) is 5.92. The van der Waals surface area contributed by atoms with Crippen LogP contribution in [0.4, 0.5) is 0 Å². The van der Waals surface area contributed by atoms with E-state index in [-0.39, 0.29) is 5.91 Å². The van der Waals surface area contributed by atoms with Gasteiger partial charge in [0.05, 0.1) is 6.54 Å². The molecule has 1 aromatic carbocycles. The number of carbonyl (C=O) groups is 1. The van der Waals surface area contributed by atoms with Crippen LogP contribution >= 0.6 is 0 Å². The fraction of sp³-hybridized carbons (Fsp3) is 0.562. The highest BCUT2D eigenvalue weighted by Crippen LogP contribution is 2.40. The van der Waals surface area contributed by atoms with Gasteiger partial charge in [-0.1, -0.05) is 30.3 Å². The molecule has 1 aliphatic heterocycles. The SMILES string of the molecule is CN1CCN(C(=O)CN[C@H]2CC2c2ccccc2)CC1. The van der Waals surface area contributed by atoms with Crippen LogP contribution in [0.3, 0.4) is 0 Å². The van der Waals surface area contributed by atoms with Crippen LogP contribution in [0, 0.1) is 0 Å².